The van der Waals surface area contributed by atoms with Gasteiger partial charge in [-0.25, -0.2) is 0 Å². The molecule has 0 aliphatic carbocycles. The predicted octanol–water partition coefficient (Wildman–Crippen LogP) is 2.89. The lowest BCUT2D eigenvalue weighted by Crippen LogP contribution is -1.79. The highest BCUT2D eigenvalue weighted by atomic mass is 32.1. The smallest absolute Gasteiger partial charge is 0.151 e. The molecule has 0 N–H and O–H groups in total. The standard InChI is InChI=1S/C11H7NOS/c1-7-10(6-13)9-4-2-3-8(5-12)11(9)14-7/h2-4,6H,1H3. The summed E-state index contributed by atoms with van der Waals surface area (Å²) < 4.78 is 0.912. The Morgan fingerprint density at radius 1 is 1.50 bits per heavy atom. The molecule has 0 radical (unpaired) electrons. The summed E-state index contributed by atoms with van der Waals surface area (Å²) >= 11 is 1.50. The molecule has 0 unspecified atom stereocenters. The SMILES string of the molecule is Cc1sc2c(C#N)cccc2c1C=O. The van der Waals surface area contributed by atoms with Crippen molar-refractivity contribution in [1.82, 2.24) is 0 Å². The van der Waals surface area contributed by atoms with Crippen LogP contribution >= 0.6 is 11.3 Å². The van der Waals surface area contributed by atoms with Crippen molar-refractivity contribution >= 4 is 27.7 Å². The molecule has 3 heteroatoms. The molecule has 1 aromatic carbocycles. The topological polar surface area (TPSA) is 40.9 Å². The number of benzene rings is 1. The summed E-state index contributed by atoms with van der Waals surface area (Å²) in [6, 6.07) is 7.58. The Labute approximate surface area is 85.4 Å². The molecule has 0 atom stereocenters. The van der Waals surface area contributed by atoms with Gasteiger partial charge in [0.05, 0.1) is 10.3 Å². The second-order valence-electron chi connectivity index (χ2n) is 2.98. The molecule has 0 bridgehead atoms. The molecular formula is C11H7NOS. The zero-order chi connectivity index (χ0) is 10.1. The van der Waals surface area contributed by atoms with Crippen LogP contribution in [0.5, 0.6) is 0 Å². The first-order valence-electron chi connectivity index (χ1n) is 4.15. The van der Waals surface area contributed by atoms with E-state index in [-0.39, 0.29) is 0 Å². The lowest BCUT2D eigenvalue weighted by molar-refractivity contribution is 0.112. The monoisotopic (exact) mass is 201 g/mol. The number of hydrogen-bond donors (Lipinski definition) is 0. The number of thiophene rings is 1. The van der Waals surface area contributed by atoms with Crippen LogP contribution in [-0.2, 0) is 0 Å². The largest absolute Gasteiger partial charge is 0.298 e. The zero-order valence-electron chi connectivity index (χ0n) is 7.57. The highest BCUT2D eigenvalue weighted by molar-refractivity contribution is 7.19. The number of nitrogens with zero attached hydrogens (tertiary/aromatic N) is 1. The average molecular weight is 201 g/mol. The van der Waals surface area contributed by atoms with Gasteiger partial charge in [0.25, 0.3) is 0 Å². The van der Waals surface area contributed by atoms with E-state index in [9.17, 15) is 4.79 Å². The molecule has 1 heterocycles. The van der Waals surface area contributed by atoms with Crippen LogP contribution in [0.15, 0.2) is 18.2 Å². The molecule has 0 spiro atoms. The number of aryl methyl sites for hydroxylation is 1. The summed E-state index contributed by atoms with van der Waals surface area (Å²) in [6.45, 7) is 1.90. The van der Waals surface area contributed by atoms with Gasteiger partial charge < -0.3 is 0 Å². The molecule has 2 aromatic rings. The van der Waals surface area contributed by atoms with Crippen molar-refractivity contribution in [1.29, 1.82) is 5.26 Å². The minimum atomic E-state index is 0.642. The number of fused-ring (bicyclic) bond motifs is 1. The van der Waals surface area contributed by atoms with Crippen LogP contribution in [0.1, 0.15) is 20.8 Å². The second-order valence-corrected chi connectivity index (χ2v) is 4.21. The molecule has 0 aliphatic heterocycles. The molecule has 0 fully saturated rings. The number of aldehydes is 1. The van der Waals surface area contributed by atoms with Crippen LogP contribution in [0.2, 0.25) is 0 Å². The highest BCUT2D eigenvalue weighted by Crippen LogP contribution is 2.31. The van der Waals surface area contributed by atoms with E-state index in [1.807, 2.05) is 13.0 Å². The van der Waals surface area contributed by atoms with Crippen molar-refractivity contribution in [2.24, 2.45) is 0 Å². The minimum absolute atomic E-state index is 0.642. The summed E-state index contributed by atoms with van der Waals surface area (Å²) in [5.41, 5.74) is 1.35. The number of carbonyl (C=O) groups excluding carboxylic acids is 1. The van der Waals surface area contributed by atoms with Crippen molar-refractivity contribution < 1.29 is 4.79 Å². The van der Waals surface area contributed by atoms with E-state index in [0.29, 0.717) is 11.1 Å². The Kier molecular flexibility index (Phi) is 2.06. The third-order valence-corrected chi connectivity index (χ3v) is 3.35. The summed E-state index contributed by atoms with van der Waals surface area (Å²) in [5.74, 6) is 0. The summed E-state index contributed by atoms with van der Waals surface area (Å²) in [6.07, 6.45) is 0.856. The van der Waals surface area contributed by atoms with Crippen molar-refractivity contribution in [3.05, 3.63) is 34.2 Å². The third-order valence-electron chi connectivity index (χ3n) is 2.18. The van der Waals surface area contributed by atoms with E-state index in [1.165, 1.54) is 11.3 Å². The molecule has 14 heavy (non-hydrogen) atoms. The maximum atomic E-state index is 10.8. The first kappa shape index (κ1) is 8.92. The number of nitriles is 1. The van der Waals surface area contributed by atoms with Crippen LogP contribution < -0.4 is 0 Å². The van der Waals surface area contributed by atoms with E-state index in [1.54, 1.807) is 12.1 Å². The van der Waals surface area contributed by atoms with Crippen LogP contribution in [0.3, 0.4) is 0 Å². The molecule has 0 saturated carbocycles. The first-order chi connectivity index (χ1) is 6.77. The fraction of sp³-hybridized carbons (Fsp3) is 0.0909. The van der Waals surface area contributed by atoms with Crippen molar-refractivity contribution in [3.8, 4) is 6.07 Å². The third kappa shape index (κ3) is 1.12. The Bertz CT molecular complexity index is 548. The maximum absolute atomic E-state index is 10.8. The lowest BCUT2D eigenvalue weighted by atomic mass is 10.1. The van der Waals surface area contributed by atoms with Gasteiger partial charge in [0, 0.05) is 15.8 Å². The van der Waals surface area contributed by atoms with Gasteiger partial charge >= 0.3 is 0 Å². The van der Waals surface area contributed by atoms with E-state index < -0.39 is 0 Å². The van der Waals surface area contributed by atoms with Gasteiger partial charge in [-0.3, -0.25) is 4.79 Å². The van der Waals surface area contributed by atoms with Gasteiger partial charge in [-0.2, -0.15) is 5.26 Å². The molecule has 1 aromatic heterocycles. The quantitative estimate of drug-likeness (QED) is 0.665. The van der Waals surface area contributed by atoms with Gasteiger partial charge in [0.2, 0.25) is 0 Å². The molecule has 0 amide bonds. The normalized spacial score (nSPS) is 10.0. The Balaban J connectivity index is 2.94. The number of carbonyl (C=O) groups is 1. The highest BCUT2D eigenvalue weighted by Gasteiger charge is 2.10. The van der Waals surface area contributed by atoms with Crippen molar-refractivity contribution in [3.63, 3.8) is 0 Å². The fourth-order valence-electron chi connectivity index (χ4n) is 1.49. The molecule has 0 saturated heterocycles. The summed E-state index contributed by atoms with van der Waals surface area (Å²) in [7, 11) is 0. The Morgan fingerprint density at radius 3 is 2.93 bits per heavy atom. The van der Waals surface area contributed by atoms with Gasteiger partial charge in [-0.15, -0.1) is 11.3 Å². The van der Waals surface area contributed by atoms with E-state index in [0.717, 1.165) is 21.2 Å². The van der Waals surface area contributed by atoms with Gasteiger partial charge in [0.1, 0.15) is 6.07 Å². The summed E-state index contributed by atoms with van der Waals surface area (Å²) in [5, 5.41) is 9.77. The lowest BCUT2D eigenvalue weighted by Gasteiger charge is -1.91. The average Bonchev–Trinajstić information content (AvgIpc) is 2.52. The fourth-order valence-corrected chi connectivity index (χ4v) is 2.58. The van der Waals surface area contributed by atoms with E-state index in [4.69, 9.17) is 5.26 Å². The van der Waals surface area contributed by atoms with Crippen LogP contribution in [0.25, 0.3) is 10.1 Å². The van der Waals surface area contributed by atoms with E-state index in [2.05, 4.69) is 6.07 Å². The number of rotatable bonds is 1. The van der Waals surface area contributed by atoms with Gasteiger partial charge in [-0.05, 0) is 13.0 Å². The Hall–Kier alpha value is -1.66. The zero-order valence-corrected chi connectivity index (χ0v) is 8.39. The van der Waals surface area contributed by atoms with E-state index >= 15 is 0 Å². The number of hydrogen-bond acceptors (Lipinski definition) is 3. The van der Waals surface area contributed by atoms with Crippen LogP contribution in [-0.4, -0.2) is 6.29 Å². The summed E-state index contributed by atoms with van der Waals surface area (Å²) in [4.78, 5) is 11.8. The molecule has 2 nitrogen and oxygen atoms in total. The molecule has 2 rings (SSSR count). The van der Waals surface area contributed by atoms with Crippen LogP contribution in [0.4, 0.5) is 0 Å². The van der Waals surface area contributed by atoms with Gasteiger partial charge in [0.15, 0.2) is 6.29 Å². The van der Waals surface area contributed by atoms with Gasteiger partial charge in [-0.1, -0.05) is 12.1 Å². The van der Waals surface area contributed by atoms with Crippen molar-refractivity contribution in [2.45, 2.75) is 6.92 Å². The Morgan fingerprint density at radius 2 is 2.29 bits per heavy atom. The predicted molar refractivity (Wildman–Crippen MR) is 56.7 cm³/mol. The maximum Gasteiger partial charge on any atom is 0.151 e. The van der Waals surface area contributed by atoms with Crippen LogP contribution in [0, 0.1) is 18.3 Å². The molecule has 0 aliphatic rings. The molecular weight excluding hydrogens is 194 g/mol. The first-order valence-corrected chi connectivity index (χ1v) is 4.97. The molecule has 68 valence electrons. The second kappa shape index (κ2) is 3.24. The van der Waals surface area contributed by atoms with Crippen molar-refractivity contribution in [2.75, 3.05) is 0 Å². The minimum Gasteiger partial charge on any atom is -0.298 e.